The quantitative estimate of drug-likeness (QED) is 0.348. The number of hydrogen-bond donors (Lipinski definition) is 4. The molecule has 0 fully saturated rings. The Labute approximate surface area is 97.4 Å². The Bertz CT molecular complexity index is 155. The molecule has 88 valence electrons. The van der Waals surface area contributed by atoms with Gasteiger partial charge in [0.1, 0.15) is 0 Å². The van der Waals surface area contributed by atoms with Crippen molar-refractivity contribution in [2.75, 3.05) is 0 Å². The van der Waals surface area contributed by atoms with E-state index in [4.69, 9.17) is 15.5 Å². The van der Waals surface area contributed by atoms with Gasteiger partial charge in [0.25, 0.3) is 0 Å². The van der Waals surface area contributed by atoms with Gasteiger partial charge in [-0.05, 0) is 24.6 Å². The summed E-state index contributed by atoms with van der Waals surface area (Å²) in [6.45, 7) is 4.37. The monoisotopic (exact) mass is 259 g/mol. The maximum atomic E-state index is 7.87. The molecule has 0 aromatic heterocycles. The third kappa shape index (κ3) is 29.3. The lowest BCUT2D eigenvalue weighted by Gasteiger charge is -2.05. The highest BCUT2D eigenvalue weighted by molar-refractivity contribution is 8.59. The van der Waals surface area contributed by atoms with Crippen LogP contribution in [0.1, 0.15) is 46.0 Å². The zero-order chi connectivity index (χ0) is 11.6. The van der Waals surface area contributed by atoms with Crippen molar-refractivity contribution in [3.8, 4) is 0 Å². The summed E-state index contributed by atoms with van der Waals surface area (Å²) in [4.78, 5) is 15.7. The van der Waals surface area contributed by atoms with Crippen LogP contribution in [0.2, 0.25) is 0 Å². The van der Waals surface area contributed by atoms with Crippen LogP contribution in [0.15, 0.2) is 0 Å². The molecular weight excluding hydrogens is 237 g/mol. The van der Waals surface area contributed by atoms with Crippen LogP contribution in [-0.2, 0) is 11.8 Å². The van der Waals surface area contributed by atoms with Crippen molar-refractivity contribution < 1.29 is 9.79 Å². The maximum Gasteiger partial charge on any atom is 0.239 e. The Kier molecular flexibility index (Phi) is 12.8. The Morgan fingerprint density at radius 1 is 1.36 bits per heavy atom. The van der Waals surface area contributed by atoms with Crippen LogP contribution in [0, 0.1) is 0 Å². The predicted molar refractivity (Wildman–Crippen MR) is 70.1 cm³/mol. The molecule has 1 atom stereocenters. The first-order valence-electron chi connectivity index (χ1n) is 4.85. The summed E-state index contributed by atoms with van der Waals surface area (Å²) in [6.07, 6.45) is 6.30. The second kappa shape index (κ2) is 10.4. The molecule has 6 heteroatoms. The fraction of sp³-hybridized carbons (Fsp3) is 1.00. The molecule has 1 unspecified atom stereocenters. The van der Waals surface area contributed by atoms with Crippen molar-refractivity contribution >= 4 is 29.7 Å². The normalized spacial score (nSPS) is 13.0. The van der Waals surface area contributed by atoms with Crippen molar-refractivity contribution in [3.63, 3.8) is 0 Å². The van der Waals surface area contributed by atoms with Gasteiger partial charge in [0.15, 0.2) is 0 Å². The summed E-state index contributed by atoms with van der Waals surface area (Å²) in [7, 11) is 0. The van der Waals surface area contributed by atoms with Gasteiger partial charge in [0.2, 0.25) is 5.69 Å². The summed E-state index contributed by atoms with van der Waals surface area (Å²) >= 11 is 7.07. The molecule has 0 spiro atoms. The van der Waals surface area contributed by atoms with E-state index in [0.717, 1.165) is 6.42 Å². The van der Waals surface area contributed by atoms with E-state index in [1.165, 1.54) is 25.7 Å². The molecule has 0 heterocycles. The Morgan fingerprint density at radius 3 is 2.07 bits per heavy atom. The molecule has 0 radical (unpaired) electrons. The lowest BCUT2D eigenvalue weighted by atomic mass is 10.1. The molecule has 0 amide bonds. The molecular formula is C8H22NO2PS2. The Morgan fingerprint density at radius 2 is 1.79 bits per heavy atom. The Balaban J connectivity index is 0. The van der Waals surface area contributed by atoms with E-state index in [2.05, 4.69) is 37.9 Å². The highest BCUT2D eigenvalue weighted by Crippen LogP contribution is 2.39. The summed E-state index contributed by atoms with van der Waals surface area (Å²) in [6, 6.07) is 0.455. The highest BCUT2D eigenvalue weighted by atomic mass is 32.9. The van der Waals surface area contributed by atoms with Crippen LogP contribution in [0.5, 0.6) is 0 Å². The second-order valence-corrected chi connectivity index (χ2v) is 8.22. The largest absolute Gasteiger partial charge is 0.338 e. The fourth-order valence-corrected chi connectivity index (χ4v) is 0.861. The van der Waals surface area contributed by atoms with Crippen molar-refractivity contribution in [1.82, 2.24) is 0 Å². The number of unbranched alkanes of at least 4 members (excludes halogenated alkanes) is 2. The first kappa shape index (κ1) is 17.3. The van der Waals surface area contributed by atoms with Crippen molar-refractivity contribution in [2.24, 2.45) is 5.73 Å². The second-order valence-electron chi connectivity index (χ2n) is 3.18. The molecule has 0 bridgehead atoms. The van der Waals surface area contributed by atoms with Gasteiger partial charge in [-0.25, -0.2) is 0 Å². The average Bonchev–Trinajstić information content (AvgIpc) is 2.01. The lowest BCUT2D eigenvalue weighted by molar-refractivity contribution is 0.503. The maximum absolute atomic E-state index is 7.87. The van der Waals surface area contributed by atoms with Gasteiger partial charge in [0.05, 0.1) is 0 Å². The average molecular weight is 259 g/mol. The third-order valence-electron chi connectivity index (χ3n) is 1.70. The first-order chi connectivity index (χ1) is 6.31. The molecule has 0 saturated heterocycles. The Hall–Kier alpha value is 0.880. The minimum absolute atomic E-state index is 0.455. The predicted octanol–water partition coefficient (Wildman–Crippen LogP) is 2.43. The van der Waals surface area contributed by atoms with Crippen LogP contribution in [0.3, 0.4) is 0 Å². The molecule has 0 aliphatic rings. The molecule has 0 saturated carbocycles. The van der Waals surface area contributed by atoms with Crippen molar-refractivity contribution in [1.29, 1.82) is 0 Å². The summed E-state index contributed by atoms with van der Waals surface area (Å²) in [5, 5.41) is 0. The van der Waals surface area contributed by atoms with E-state index in [-0.39, 0.29) is 0 Å². The van der Waals surface area contributed by atoms with E-state index in [1.54, 1.807) is 0 Å². The van der Waals surface area contributed by atoms with Crippen molar-refractivity contribution in [2.45, 2.75) is 52.0 Å². The molecule has 0 aromatic rings. The topological polar surface area (TPSA) is 66.5 Å². The molecule has 0 rings (SSSR count). The molecule has 0 aliphatic heterocycles. The molecule has 3 nitrogen and oxygen atoms in total. The van der Waals surface area contributed by atoms with Crippen LogP contribution >= 0.6 is 17.9 Å². The van der Waals surface area contributed by atoms with Crippen LogP contribution in [0.25, 0.3) is 0 Å². The minimum atomic E-state index is -3.11. The van der Waals surface area contributed by atoms with Crippen LogP contribution in [0.4, 0.5) is 0 Å². The van der Waals surface area contributed by atoms with Gasteiger partial charge < -0.3 is 15.5 Å². The van der Waals surface area contributed by atoms with E-state index in [0.29, 0.717) is 6.04 Å². The molecule has 4 N–H and O–H groups in total. The van der Waals surface area contributed by atoms with Crippen molar-refractivity contribution in [3.05, 3.63) is 0 Å². The van der Waals surface area contributed by atoms with Gasteiger partial charge in [-0.1, -0.05) is 45.4 Å². The van der Waals surface area contributed by atoms with Crippen LogP contribution < -0.4 is 5.73 Å². The summed E-state index contributed by atoms with van der Waals surface area (Å²) in [5.41, 5.74) is 2.60. The van der Waals surface area contributed by atoms with Gasteiger partial charge in [-0.2, -0.15) is 0 Å². The minimum Gasteiger partial charge on any atom is -0.338 e. The van der Waals surface area contributed by atoms with E-state index in [9.17, 15) is 0 Å². The fourth-order valence-electron chi connectivity index (χ4n) is 0.861. The molecule has 0 aromatic carbocycles. The zero-order valence-corrected chi connectivity index (χ0v) is 11.5. The lowest BCUT2D eigenvalue weighted by Crippen LogP contribution is -2.17. The zero-order valence-electron chi connectivity index (χ0n) is 8.89. The molecule has 14 heavy (non-hydrogen) atoms. The number of thiol groups is 1. The number of nitrogens with two attached hydrogens (primary N) is 1. The summed E-state index contributed by atoms with van der Waals surface area (Å²) < 4.78 is 0. The standard InChI is InChI=1S/C8H19N.H3O2PS2/c1-3-5-6-7-8(9)4-2;1-3(2,4)5/h8H,3-7,9H2,1-2H3;(H3,1,2,4,5). The summed E-state index contributed by atoms with van der Waals surface area (Å²) in [5.74, 6) is 0. The third-order valence-corrected chi connectivity index (χ3v) is 1.70. The number of rotatable bonds is 5. The highest BCUT2D eigenvalue weighted by Gasteiger charge is 1.96. The number of hydrogen-bond acceptors (Lipinski definition) is 2. The van der Waals surface area contributed by atoms with Gasteiger partial charge in [-0.3, -0.25) is 0 Å². The molecule has 0 aliphatic carbocycles. The van der Waals surface area contributed by atoms with Crippen LogP contribution in [-0.4, -0.2) is 15.8 Å². The SMILES string of the molecule is CCCCCC(N)CC.OP(O)(=S)S. The van der Waals surface area contributed by atoms with E-state index >= 15 is 0 Å². The first-order valence-corrected chi connectivity index (χ1v) is 8.71. The van der Waals surface area contributed by atoms with E-state index < -0.39 is 5.69 Å². The van der Waals surface area contributed by atoms with Gasteiger partial charge >= 0.3 is 0 Å². The smallest absolute Gasteiger partial charge is 0.239 e. The van der Waals surface area contributed by atoms with E-state index in [1.807, 2.05) is 0 Å². The van der Waals surface area contributed by atoms with Gasteiger partial charge in [-0.15, -0.1) is 0 Å². The van der Waals surface area contributed by atoms with Gasteiger partial charge in [0, 0.05) is 6.04 Å².